The summed E-state index contributed by atoms with van der Waals surface area (Å²) in [6.07, 6.45) is 1.32. The molecule has 1 amide bonds. The van der Waals surface area contributed by atoms with Gasteiger partial charge in [0.05, 0.1) is 18.1 Å². The smallest absolute Gasteiger partial charge is 0.224 e. The highest BCUT2D eigenvalue weighted by Crippen LogP contribution is 2.03. The third-order valence-electron chi connectivity index (χ3n) is 2.02. The van der Waals surface area contributed by atoms with Crippen LogP contribution in [0.5, 0.6) is 0 Å². The molecule has 0 aromatic heterocycles. The lowest BCUT2D eigenvalue weighted by Crippen LogP contribution is -2.25. The first-order valence-electron chi connectivity index (χ1n) is 5.02. The molecule has 0 atom stereocenters. The van der Waals surface area contributed by atoms with Crippen LogP contribution >= 0.6 is 0 Å². The lowest BCUT2D eigenvalue weighted by atomic mass is 10.1. The van der Waals surface area contributed by atoms with E-state index in [-0.39, 0.29) is 5.91 Å². The predicted molar refractivity (Wildman–Crippen MR) is 58.2 cm³/mol. The Morgan fingerprint density at radius 3 is 2.60 bits per heavy atom. The van der Waals surface area contributed by atoms with Crippen LogP contribution in [0.25, 0.3) is 0 Å². The maximum atomic E-state index is 11.3. The highest BCUT2D eigenvalue weighted by molar-refractivity contribution is 5.78. The lowest BCUT2D eigenvalue weighted by molar-refractivity contribution is -0.120. The van der Waals surface area contributed by atoms with Crippen molar-refractivity contribution in [2.45, 2.75) is 19.8 Å². The van der Waals surface area contributed by atoms with E-state index in [4.69, 9.17) is 5.26 Å². The van der Waals surface area contributed by atoms with Crippen LogP contribution in [0.4, 0.5) is 0 Å². The number of amides is 1. The summed E-state index contributed by atoms with van der Waals surface area (Å²) in [4.78, 5) is 11.3. The number of nitrogens with one attached hydrogen (secondary N) is 1. The van der Waals surface area contributed by atoms with Gasteiger partial charge in [-0.3, -0.25) is 4.79 Å². The molecule has 1 aromatic carbocycles. The number of nitrogens with zero attached hydrogens (tertiary/aromatic N) is 1. The largest absolute Gasteiger partial charge is 0.356 e. The number of benzene rings is 1. The molecule has 1 rings (SSSR count). The molecule has 1 aromatic rings. The Kier molecular flexibility index (Phi) is 4.36. The van der Waals surface area contributed by atoms with E-state index in [0.29, 0.717) is 12.0 Å². The van der Waals surface area contributed by atoms with Crippen LogP contribution in [-0.4, -0.2) is 12.5 Å². The number of nitriles is 1. The van der Waals surface area contributed by atoms with Gasteiger partial charge >= 0.3 is 0 Å². The van der Waals surface area contributed by atoms with Crippen LogP contribution in [0.15, 0.2) is 24.3 Å². The molecule has 1 N–H and O–H groups in total. The van der Waals surface area contributed by atoms with Gasteiger partial charge in [0.2, 0.25) is 5.91 Å². The third-order valence-corrected chi connectivity index (χ3v) is 2.02. The Balaban J connectivity index is 2.50. The number of carbonyl (C=O) groups is 1. The fourth-order valence-corrected chi connectivity index (χ4v) is 1.21. The zero-order chi connectivity index (χ0) is 11.1. The van der Waals surface area contributed by atoms with Crippen molar-refractivity contribution in [1.29, 1.82) is 5.26 Å². The molecule has 0 aliphatic rings. The fraction of sp³-hybridized carbons (Fsp3) is 0.333. The van der Waals surface area contributed by atoms with Gasteiger partial charge in [0.1, 0.15) is 0 Å². The van der Waals surface area contributed by atoms with E-state index in [1.807, 2.05) is 25.1 Å². The van der Waals surface area contributed by atoms with Crippen LogP contribution in [0.1, 0.15) is 24.5 Å². The molecule has 0 heterocycles. The molecular weight excluding hydrogens is 188 g/mol. The minimum Gasteiger partial charge on any atom is -0.356 e. The van der Waals surface area contributed by atoms with Gasteiger partial charge in [0.15, 0.2) is 0 Å². The van der Waals surface area contributed by atoms with Gasteiger partial charge in [-0.25, -0.2) is 0 Å². The van der Waals surface area contributed by atoms with Crippen LogP contribution in [0.3, 0.4) is 0 Å². The predicted octanol–water partition coefficient (Wildman–Crippen LogP) is 1.63. The average Bonchev–Trinajstić information content (AvgIpc) is 2.27. The van der Waals surface area contributed by atoms with Crippen molar-refractivity contribution in [3.8, 4) is 6.07 Å². The minimum atomic E-state index is 0.0292. The van der Waals surface area contributed by atoms with E-state index >= 15 is 0 Å². The topological polar surface area (TPSA) is 52.9 Å². The summed E-state index contributed by atoms with van der Waals surface area (Å²) in [6.45, 7) is 2.73. The summed E-state index contributed by atoms with van der Waals surface area (Å²) >= 11 is 0. The Labute approximate surface area is 89.7 Å². The van der Waals surface area contributed by atoms with E-state index in [1.165, 1.54) is 0 Å². The summed E-state index contributed by atoms with van der Waals surface area (Å²) < 4.78 is 0. The standard InChI is InChI=1S/C12H14N2O/c1-2-7-14-12(15)8-10-3-5-11(9-13)6-4-10/h3-6H,2,7-8H2,1H3,(H,14,15). The first kappa shape index (κ1) is 11.3. The maximum Gasteiger partial charge on any atom is 0.224 e. The van der Waals surface area contributed by atoms with Crippen molar-refractivity contribution in [1.82, 2.24) is 5.32 Å². The van der Waals surface area contributed by atoms with E-state index < -0.39 is 0 Å². The van der Waals surface area contributed by atoms with Crippen LogP contribution < -0.4 is 5.32 Å². The second-order valence-electron chi connectivity index (χ2n) is 3.34. The van der Waals surface area contributed by atoms with Gasteiger partial charge < -0.3 is 5.32 Å². The Bertz CT molecular complexity index is 362. The van der Waals surface area contributed by atoms with Crippen molar-refractivity contribution in [2.75, 3.05) is 6.54 Å². The summed E-state index contributed by atoms with van der Waals surface area (Å²) in [5.41, 5.74) is 1.55. The third kappa shape index (κ3) is 3.82. The van der Waals surface area contributed by atoms with Gasteiger partial charge in [-0.15, -0.1) is 0 Å². The Morgan fingerprint density at radius 2 is 2.07 bits per heavy atom. The highest BCUT2D eigenvalue weighted by Gasteiger charge is 2.01. The average molecular weight is 202 g/mol. The second-order valence-corrected chi connectivity index (χ2v) is 3.34. The maximum absolute atomic E-state index is 11.3. The summed E-state index contributed by atoms with van der Waals surface area (Å²) in [7, 11) is 0. The van der Waals surface area contributed by atoms with Crippen LogP contribution in [-0.2, 0) is 11.2 Å². The van der Waals surface area contributed by atoms with Crippen molar-refractivity contribution < 1.29 is 4.79 Å². The highest BCUT2D eigenvalue weighted by atomic mass is 16.1. The molecule has 3 nitrogen and oxygen atoms in total. The van der Waals surface area contributed by atoms with E-state index in [0.717, 1.165) is 18.5 Å². The monoisotopic (exact) mass is 202 g/mol. The van der Waals surface area contributed by atoms with Gasteiger partial charge in [-0.05, 0) is 24.1 Å². The molecule has 78 valence electrons. The molecule has 0 aliphatic heterocycles. The molecule has 0 radical (unpaired) electrons. The fourth-order valence-electron chi connectivity index (χ4n) is 1.21. The molecule has 15 heavy (non-hydrogen) atoms. The lowest BCUT2D eigenvalue weighted by Gasteiger charge is -2.03. The number of rotatable bonds is 4. The summed E-state index contributed by atoms with van der Waals surface area (Å²) in [6, 6.07) is 9.11. The number of hydrogen-bond donors (Lipinski definition) is 1. The molecule has 0 saturated carbocycles. The quantitative estimate of drug-likeness (QED) is 0.806. The summed E-state index contributed by atoms with van der Waals surface area (Å²) in [5, 5.41) is 11.4. The molecule has 0 spiro atoms. The van der Waals surface area contributed by atoms with E-state index in [1.54, 1.807) is 12.1 Å². The van der Waals surface area contributed by atoms with Crippen molar-refractivity contribution in [3.63, 3.8) is 0 Å². The zero-order valence-corrected chi connectivity index (χ0v) is 8.79. The number of carbonyl (C=O) groups excluding carboxylic acids is 1. The van der Waals surface area contributed by atoms with Gasteiger partial charge in [-0.2, -0.15) is 5.26 Å². The minimum absolute atomic E-state index is 0.0292. The van der Waals surface area contributed by atoms with Crippen molar-refractivity contribution in [2.24, 2.45) is 0 Å². The summed E-state index contributed by atoms with van der Waals surface area (Å²) in [5.74, 6) is 0.0292. The molecule has 0 bridgehead atoms. The molecule has 0 saturated heterocycles. The number of hydrogen-bond acceptors (Lipinski definition) is 2. The first-order valence-corrected chi connectivity index (χ1v) is 5.02. The SMILES string of the molecule is CCCNC(=O)Cc1ccc(C#N)cc1. The van der Waals surface area contributed by atoms with Gasteiger partial charge in [0, 0.05) is 6.54 Å². The molecule has 3 heteroatoms. The normalized spacial score (nSPS) is 9.33. The Morgan fingerprint density at radius 1 is 1.40 bits per heavy atom. The Hall–Kier alpha value is -1.82. The molecular formula is C12H14N2O. The molecule has 0 unspecified atom stereocenters. The van der Waals surface area contributed by atoms with E-state index in [2.05, 4.69) is 5.32 Å². The first-order chi connectivity index (χ1) is 7.26. The van der Waals surface area contributed by atoms with Gasteiger partial charge in [0.25, 0.3) is 0 Å². The van der Waals surface area contributed by atoms with E-state index in [9.17, 15) is 4.79 Å². The molecule has 0 aliphatic carbocycles. The van der Waals surface area contributed by atoms with Crippen molar-refractivity contribution >= 4 is 5.91 Å². The van der Waals surface area contributed by atoms with Crippen LogP contribution in [0.2, 0.25) is 0 Å². The van der Waals surface area contributed by atoms with Crippen molar-refractivity contribution in [3.05, 3.63) is 35.4 Å². The van der Waals surface area contributed by atoms with Gasteiger partial charge in [-0.1, -0.05) is 19.1 Å². The second kappa shape index (κ2) is 5.82. The van der Waals surface area contributed by atoms with Crippen LogP contribution in [0, 0.1) is 11.3 Å². The molecule has 0 fully saturated rings. The zero-order valence-electron chi connectivity index (χ0n) is 8.79.